The Morgan fingerprint density at radius 2 is 2.00 bits per heavy atom. The molecular formula is C15H15ClN2O. The van der Waals surface area contributed by atoms with Crippen LogP contribution in [0.2, 0.25) is 0 Å². The minimum Gasteiger partial charge on any atom is -0.320 e. The van der Waals surface area contributed by atoms with E-state index in [1.54, 1.807) is 12.3 Å². The highest BCUT2D eigenvalue weighted by Gasteiger charge is 2.13. The Balaban J connectivity index is 2.27. The van der Waals surface area contributed by atoms with E-state index < -0.39 is 0 Å². The summed E-state index contributed by atoms with van der Waals surface area (Å²) < 4.78 is 0. The average molecular weight is 275 g/mol. The number of aromatic nitrogens is 1. The molecule has 98 valence electrons. The number of benzene rings is 1. The molecule has 0 radical (unpaired) electrons. The summed E-state index contributed by atoms with van der Waals surface area (Å²) in [6, 6.07) is 11.2. The van der Waals surface area contributed by atoms with E-state index in [1.807, 2.05) is 44.2 Å². The molecule has 19 heavy (non-hydrogen) atoms. The number of aryl methyl sites for hydroxylation is 1. The van der Waals surface area contributed by atoms with Gasteiger partial charge in [-0.25, -0.2) is 0 Å². The lowest BCUT2D eigenvalue weighted by Crippen LogP contribution is -2.16. The van der Waals surface area contributed by atoms with Crippen molar-refractivity contribution in [2.24, 2.45) is 0 Å². The van der Waals surface area contributed by atoms with Crippen LogP contribution in [0.5, 0.6) is 0 Å². The van der Waals surface area contributed by atoms with Crippen LogP contribution < -0.4 is 5.32 Å². The van der Waals surface area contributed by atoms with Crippen LogP contribution in [0.4, 0.5) is 5.69 Å². The quantitative estimate of drug-likeness (QED) is 0.862. The molecule has 1 aromatic heterocycles. The second kappa shape index (κ2) is 5.85. The van der Waals surface area contributed by atoms with Gasteiger partial charge in [0.1, 0.15) is 5.69 Å². The summed E-state index contributed by atoms with van der Waals surface area (Å²) in [4.78, 5) is 16.3. The molecule has 1 unspecified atom stereocenters. The van der Waals surface area contributed by atoms with Crippen LogP contribution in [0.3, 0.4) is 0 Å². The number of pyridine rings is 1. The van der Waals surface area contributed by atoms with Gasteiger partial charge < -0.3 is 5.32 Å². The Kier molecular flexibility index (Phi) is 4.17. The Morgan fingerprint density at radius 3 is 2.68 bits per heavy atom. The molecule has 1 heterocycles. The van der Waals surface area contributed by atoms with Crippen molar-refractivity contribution >= 4 is 23.2 Å². The summed E-state index contributed by atoms with van der Waals surface area (Å²) in [5.41, 5.74) is 2.89. The maximum absolute atomic E-state index is 12.2. The lowest BCUT2D eigenvalue weighted by molar-refractivity contribution is 0.102. The Bertz CT molecular complexity index is 596. The summed E-state index contributed by atoms with van der Waals surface area (Å²) in [5.74, 6) is -0.220. The Hall–Kier alpha value is -1.87. The molecule has 0 aliphatic carbocycles. The van der Waals surface area contributed by atoms with Crippen molar-refractivity contribution in [2.45, 2.75) is 19.2 Å². The molecule has 2 rings (SSSR count). The second-order valence-corrected chi connectivity index (χ2v) is 4.98. The fourth-order valence-corrected chi connectivity index (χ4v) is 2.05. The average Bonchev–Trinajstić information content (AvgIpc) is 2.39. The first-order valence-corrected chi connectivity index (χ1v) is 6.49. The SMILES string of the molecule is Cc1cccnc1C(=O)Nc1ccccc1C(C)Cl. The van der Waals surface area contributed by atoms with E-state index in [4.69, 9.17) is 11.6 Å². The van der Waals surface area contributed by atoms with Crippen LogP contribution >= 0.6 is 11.6 Å². The molecule has 0 fully saturated rings. The van der Waals surface area contributed by atoms with Crippen LogP contribution in [0, 0.1) is 6.92 Å². The number of amides is 1. The van der Waals surface area contributed by atoms with Gasteiger partial charge in [0.05, 0.1) is 5.38 Å². The molecule has 3 nitrogen and oxygen atoms in total. The third-order valence-electron chi connectivity index (χ3n) is 2.86. The van der Waals surface area contributed by atoms with Crippen LogP contribution in [0.1, 0.15) is 33.9 Å². The first kappa shape index (κ1) is 13.6. The van der Waals surface area contributed by atoms with Crippen molar-refractivity contribution in [1.82, 2.24) is 4.98 Å². The zero-order valence-corrected chi connectivity index (χ0v) is 11.6. The Labute approximate surface area is 117 Å². The number of anilines is 1. The zero-order valence-electron chi connectivity index (χ0n) is 10.9. The highest BCUT2D eigenvalue weighted by Crippen LogP contribution is 2.27. The largest absolute Gasteiger partial charge is 0.320 e. The molecule has 2 aromatic rings. The van der Waals surface area contributed by atoms with Crippen LogP contribution in [0.25, 0.3) is 0 Å². The fraction of sp³-hybridized carbons (Fsp3) is 0.200. The van der Waals surface area contributed by atoms with Gasteiger partial charge in [0.15, 0.2) is 0 Å². The Morgan fingerprint density at radius 1 is 1.26 bits per heavy atom. The van der Waals surface area contributed by atoms with Gasteiger partial charge in [-0.3, -0.25) is 9.78 Å². The van der Waals surface area contributed by atoms with E-state index in [1.165, 1.54) is 0 Å². The highest BCUT2D eigenvalue weighted by molar-refractivity contribution is 6.21. The van der Waals surface area contributed by atoms with Crippen molar-refractivity contribution in [2.75, 3.05) is 5.32 Å². The van der Waals surface area contributed by atoms with Gasteiger partial charge >= 0.3 is 0 Å². The van der Waals surface area contributed by atoms with E-state index in [-0.39, 0.29) is 11.3 Å². The van der Waals surface area contributed by atoms with Crippen LogP contribution in [-0.2, 0) is 0 Å². The molecule has 1 atom stereocenters. The highest BCUT2D eigenvalue weighted by atomic mass is 35.5. The van der Waals surface area contributed by atoms with Crippen molar-refractivity contribution in [3.63, 3.8) is 0 Å². The molecule has 1 N–H and O–H groups in total. The number of carbonyl (C=O) groups excluding carboxylic acids is 1. The standard InChI is InChI=1S/C15H15ClN2O/c1-10-6-5-9-17-14(10)15(19)18-13-8-4-3-7-12(13)11(2)16/h3-9,11H,1-2H3,(H,18,19). The molecular weight excluding hydrogens is 260 g/mol. The van der Waals surface area contributed by atoms with Crippen LogP contribution in [0.15, 0.2) is 42.6 Å². The maximum atomic E-state index is 12.2. The fourth-order valence-electron chi connectivity index (χ4n) is 1.86. The smallest absolute Gasteiger partial charge is 0.274 e. The van der Waals surface area contributed by atoms with Gasteiger partial charge in [-0.2, -0.15) is 0 Å². The number of rotatable bonds is 3. The number of nitrogens with zero attached hydrogens (tertiary/aromatic N) is 1. The number of hydrogen-bond acceptors (Lipinski definition) is 2. The molecule has 0 spiro atoms. The second-order valence-electron chi connectivity index (χ2n) is 4.33. The summed E-state index contributed by atoms with van der Waals surface area (Å²) in [6.07, 6.45) is 1.61. The van der Waals surface area contributed by atoms with E-state index >= 15 is 0 Å². The number of hydrogen-bond donors (Lipinski definition) is 1. The van der Waals surface area contributed by atoms with Gasteiger partial charge in [0.25, 0.3) is 5.91 Å². The predicted octanol–water partition coefficient (Wildman–Crippen LogP) is 3.94. The van der Waals surface area contributed by atoms with Crippen LogP contribution in [-0.4, -0.2) is 10.9 Å². The lowest BCUT2D eigenvalue weighted by atomic mass is 10.1. The minimum atomic E-state index is -0.220. The summed E-state index contributed by atoms with van der Waals surface area (Å²) in [5, 5.41) is 2.70. The van der Waals surface area contributed by atoms with Gasteiger partial charge in [0.2, 0.25) is 0 Å². The third-order valence-corrected chi connectivity index (χ3v) is 3.10. The first-order chi connectivity index (χ1) is 9.09. The third kappa shape index (κ3) is 3.12. The summed E-state index contributed by atoms with van der Waals surface area (Å²) in [7, 11) is 0. The van der Waals surface area contributed by atoms with Crippen molar-refractivity contribution in [1.29, 1.82) is 0 Å². The molecule has 0 saturated heterocycles. The number of para-hydroxylation sites is 1. The van der Waals surface area contributed by atoms with Gasteiger partial charge in [-0.15, -0.1) is 11.6 Å². The normalized spacial score (nSPS) is 11.9. The van der Waals surface area contributed by atoms with Gasteiger partial charge in [-0.1, -0.05) is 24.3 Å². The number of carbonyl (C=O) groups is 1. The van der Waals surface area contributed by atoms with Gasteiger partial charge in [-0.05, 0) is 37.1 Å². The first-order valence-electron chi connectivity index (χ1n) is 6.05. The minimum absolute atomic E-state index is 0.165. The molecule has 1 amide bonds. The van der Waals surface area contributed by atoms with E-state index in [2.05, 4.69) is 10.3 Å². The topological polar surface area (TPSA) is 42.0 Å². The lowest BCUT2D eigenvalue weighted by Gasteiger charge is -2.12. The summed E-state index contributed by atoms with van der Waals surface area (Å²) in [6.45, 7) is 3.73. The van der Waals surface area contributed by atoms with Crippen molar-refractivity contribution in [3.8, 4) is 0 Å². The molecule has 0 bridgehead atoms. The molecule has 0 aliphatic heterocycles. The number of halogens is 1. The molecule has 1 aromatic carbocycles. The predicted molar refractivity (Wildman–Crippen MR) is 77.6 cm³/mol. The number of alkyl halides is 1. The van der Waals surface area contributed by atoms with E-state index in [0.717, 1.165) is 16.8 Å². The molecule has 0 saturated carbocycles. The molecule has 0 aliphatic rings. The monoisotopic (exact) mass is 274 g/mol. The van der Waals surface area contributed by atoms with E-state index in [9.17, 15) is 4.79 Å². The van der Waals surface area contributed by atoms with Crippen molar-refractivity contribution < 1.29 is 4.79 Å². The van der Waals surface area contributed by atoms with Crippen molar-refractivity contribution in [3.05, 3.63) is 59.4 Å². The zero-order chi connectivity index (χ0) is 13.8. The molecule has 4 heteroatoms. The van der Waals surface area contributed by atoms with E-state index in [0.29, 0.717) is 5.69 Å². The summed E-state index contributed by atoms with van der Waals surface area (Å²) >= 11 is 6.10. The number of nitrogens with one attached hydrogen (secondary N) is 1. The maximum Gasteiger partial charge on any atom is 0.274 e. The van der Waals surface area contributed by atoms with Gasteiger partial charge in [0, 0.05) is 11.9 Å².